The molecular formula is C19H25NO2S. The van der Waals surface area contributed by atoms with Gasteiger partial charge < -0.3 is 10.1 Å². The standard InChI is InChI=1S/C19H25NO2S/c1-4-5-17(20-16-8-10-18(22-3)11-9-16)14-23(21)19-12-6-15(2)7-13-19/h6-13,17,20H,4-5,14H2,1-3H3/t17-,23?/m1/s1. The van der Waals surface area contributed by atoms with Crippen LogP contribution in [-0.2, 0) is 10.8 Å². The van der Waals surface area contributed by atoms with Crippen LogP contribution in [0.3, 0.4) is 0 Å². The van der Waals surface area contributed by atoms with Crippen LogP contribution in [0.1, 0.15) is 25.3 Å². The predicted molar refractivity (Wildman–Crippen MR) is 97.8 cm³/mol. The van der Waals surface area contributed by atoms with E-state index in [4.69, 9.17) is 4.74 Å². The van der Waals surface area contributed by atoms with Crippen molar-refractivity contribution in [2.24, 2.45) is 0 Å². The van der Waals surface area contributed by atoms with E-state index in [2.05, 4.69) is 12.2 Å². The minimum absolute atomic E-state index is 0.190. The lowest BCUT2D eigenvalue weighted by atomic mass is 10.2. The van der Waals surface area contributed by atoms with E-state index in [0.717, 1.165) is 29.2 Å². The summed E-state index contributed by atoms with van der Waals surface area (Å²) in [6.45, 7) is 4.19. The molecule has 2 aromatic rings. The van der Waals surface area contributed by atoms with E-state index >= 15 is 0 Å². The van der Waals surface area contributed by atoms with Crippen molar-refractivity contribution < 1.29 is 8.95 Å². The fourth-order valence-corrected chi connectivity index (χ4v) is 3.69. The SMILES string of the molecule is CCC[C@H](CS(=O)c1ccc(C)cc1)Nc1ccc(OC)cc1. The van der Waals surface area contributed by atoms with Crippen LogP contribution in [0.25, 0.3) is 0 Å². The van der Waals surface area contributed by atoms with Gasteiger partial charge >= 0.3 is 0 Å². The second-order valence-electron chi connectivity index (χ2n) is 5.68. The molecule has 0 fully saturated rings. The lowest BCUT2D eigenvalue weighted by Crippen LogP contribution is -2.26. The number of rotatable bonds is 8. The Hall–Kier alpha value is -1.81. The summed E-state index contributed by atoms with van der Waals surface area (Å²) >= 11 is 0. The number of ether oxygens (including phenoxy) is 1. The molecule has 4 heteroatoms. The van der Waals surface area contributed by atoms with Crippen molar-refractivity contribution in [2.75, 3.05) is 18.2 Å². The van der Waals surface area contributed by atoms with Crippen LogP contribution >= 0.6 is 0 Å². The Balaban J connectivity index is 2.02. The lowest BCUT2D eigenvalue weighted by molar-refractivity contribution is 0.415. The summed E-state index contributed by atoms with van der Waals surface area (Å²) < 4.78 is 17.8. The molecular weight excluding hydrogens is 306 g/mol. The summed E-state index contributed by atoms with van der Waals surface area (Å²) in [6.07, 6.45) is 2.04. The van der Waals surface area contributed by atoms with Crippen molar-refractivity contribution >= 4 is 16.5 Å². The lowest BCUT2D eigenvalue weighted by Gasteiger charge is -2.19. The zero-order chi connectivity index (χ0) is 16.7. The van der Waals surface area contributed by atoms with E-state index in [1.165, 1.54) is 5.56 Å². The number of anilines is 1. The molecule has 0 radical (unpaired) electrons. The third-order valence-electron chi connectivity index (χ3n) is 3.73. The first-order valence-electron chi connectivity index (χ1n) is 7.98. The third kappa shape index (κ3) is 5.39. The molecule has 2 atom stereocenters. The fourth-order valence-electron chi connectivity index (χ4n) is 2.44. The minimum atomic E-state index is -0.990. The van der Waals surface area contributed by atoms with Gasteiger partial charge in [0.2, 0.25) is 0 Å². The van der Waals surface area contributed by atoms with Crippen molar-refractivity contribution in [2.45, 2.75) is 37.6 Å². The molecule has 0 heterocycles. The monoisotopic (exact) mass is 331 g/mol. The van der Waals surface area contributed by atoms with E-state index in [1.807, 2.05) is 55.5 Å². The van der Waals surface area contributed by atoms with Gasteiger partial charge in [0.1, 0.15) is 5.75 Å². The number of nitrogens with one attached hydrogen (secondary N) is 1. The summed E-state index contributed by atoms with van der Waals surface area (Å²) in [5.74, 6) is 1.45. The number of methoxy groups -OCH3 is 1. The van der Waals surface area contributed by atoms with Gasteiger partial charge in [-0.1, -0.05) is 31.0 Å². The third-order valence-corrected chi connectivity index (χ3v) is 5.24. The highest BCUT2D eigenvalue weighted by Gasteiger charge is 2.13. The van der Waals surface area contributed by atoms with Crippen LogP contribution in [0.15, 0.2) is 53.4 Å². The minimum Gasteiger partial charge on any atom is -0.497 e. The molecule has 0 aromatic heterocycles. The second-order valence-corrected chi connectivity index (χ2v) is 7.18. The predicted octanol–water partition coefficient (Wildman–Crippen LogP) is 4.39. The van der Waals surface area contributed by atoms with E-state index in [1.54, 1.807) is 7.11 Å². The zero-order valence-electron chi connectivity index (χ0n) is 14.0. The van der Waals surface area contributed by atoms with E-state index < -0.39 is 10.8 Å². The number of hydrogen-bond acceptors (Lipinski definition) is 3. The Labute approximate surface area is 141 Å². The molecule has 2 rings (SSSR count). The van der Waals surface area contributed by atoms with Gasteiger partial charge in [-0.2, -0.15) is 0 Å². The van der Waals surface area contributed by atoms with Crippen LogP contribution in [-0.4, -0.2) is 23.1 Å². The number of aryl methyl sites for hydroxylation is 1. The Morgan fingerprint density at radius 1 is 1.09 bits per heavy atom. The largest absolute Gasteiger partial charge is 0.497 e. The summed E-state index contributed by atoms with van der Waals surface area (Å²) in [4.78, 5) is 0.897. The van der Waals surface area contributed by atoms with Gasteiger partial charge in [0.15, 0.2) is 0 Å². The molecule has 0 saturated carbocycles. The quantitative estimate of drug-likeness (QED) is 0.779. The number of benzene rings is 2. The Kier molecular flexibility index (Phi) is 6.66. The first kappa shape index (κ1) is 17.5. The van der Waals surface area contributed by atoms with Gasteiger partial charge in [-0.25, -0.2) is 0 Å². The Morgan fingerprint density at radius 3 is 2.30 bits per heavy atom. The van der Waals surface area contributed by atoms with Crippen LogP contribution in [0.5, 0.6) is 5.75 Å². The van der Waals surface area contributed by atoms with Crippen molar-refractivity contribution in [3.8, 4) is 5.75 Å². The highest BCUT2D eigenvalue weighted by atomic mass is 32.2. The Bertz CT molecular complexity index is 623. The van der Waals surface area contributed by atoms with Crippen molar-refractivity contribution in [3.05, 3.63) is 54.1 Å². The highest BCUT2D eigenvalue weighted by Crippen LogP contribution is 2.18. The molecule has 0 aliphatic heterocycles. The van der Waals surface area contributed by atoms with E-state index in [-0.39, 0.29) is 6.04 Å². The molecule has 0 spiro atoms. The molecule has 0 aliphatic rings. The van der Waals surface area contributed by atoms with E-state index in [9.17, 15) is 4.21 Å². The first-order valence-corrected chi connectivity index (χ1v) is 9.30. The summed E-state index contributed by atoms with van der Waals surface area (Å²) in [5.41, 5.74) is 2.22. The average molecular weight is 331 g/mol. The molecule has 0 bridgehead atoms. The maximum absolute atomic E-state index is 12.6. The summed E-state index contributed by atoms with van der Waals surface area (Å²) in [5, 5.41) is 3.49. The zero-order valence-corrected chi connectivity index (χ0v) is 14.9. The van der Waals surface area contributed by atoms with E-state index in [0.29, 0.717) is 5.75 Å². The molecule has 23 heavy (non-hydrogen) atoms. The molecule has 0 amide bonds. The maximum Gasteiger partial charge on any atom is 0.119 e. The van der Waals surface area contributed by atoms with Crippen molar-refractivity contribution in [3.63, 3.8) is 0 Å². The van der Waals surface area contributed by atoms with Crippen molar-refractivity contribution in [1.29, 1.82) is 0 Å². The van der Waals surface area contributed by atoms with Crippen LogP contribution < -0.4 is 10.1 Å². The van der Waals surface area contributed by atoms with Gasteiger partial charge in [0, 0.05) is 22.4 Å². The van der Waals surface area contributed by atoms with Crippen LogP contribution in [0.2, 0.25) is 0 Å². The average Bonchev–Trinajstić information content (AvgIpc) is 2.56. The summed E-state index contributed by atoms with van der Waals surface area (Å²) in [7, 11) is 0.670. The first-order chi connectivity index (χ1) is 11.1. The van der Waals surface area contributed by atoms with Crippen LogP contribution in [0.4, 0.5) is 5.69 Å². The van der Waals surface area contributed by atoms with Gasteiger partial charge in [-0.15, -0.1) is 0 Å². The fraction of sp³-hybridized carbons (Fsp3) is 0.368. The molecule has 124 valence electrons. The molecule has 1 unspecified atom stereocenters. The van der Waals surface area contributed by atoms with Gasteiger partial charge in [0.05, 0.1) is 17.9 Å². The number of hydrogen-bond donors (Lipinski definition) is 1. The van der Waals surface area contributed by atoms with Gasteiger partial charge in [0.25, 0.3) is 0 Å². The topological polar surface area (TPSA) is 38.3 Å². The summed E-state index contributed by atoms with van der Waals surface area (Å²) in [6, 6.07) is 16.0. The Morgan fingerprint density at radius 2 is 1.74 bits per heavy atom. The maximum atomic E-state index is 12.6. The molecule has 2 aromatic carbocycles. The van der Waals surface area contributed by atoms with Crippen LogP contribution in [0, 0.1) is 6.92 Å². The van der Waals surface area contributed by atoms with Gasteiger partial charge in [-0.3, -0.25) is 4.21 Å². The molecule has 3 nitrogen and oxygen atoms in total. The van der Waals surface area contributed by atoms with Crippen molar-refractivity contribution in [1.82, 2.24) is 0 Å². The highest BCUT2D eigenvalue weighted by molar-refractivity contribution is 7.85. The molecule has 1 N–H and O–H groups in total. The molecule has 0 aliphatic carbocycles. The smallest absolute Gasteiger partial charge is 0.119 e. The normalized spacial score (nSPS) is 13.3. The second kappa shape index (κ2) is 8.73. The molecule has 0 saturated heterocycles. The van der Waals surface area contributed by atoms with Gasteiger partial charge in [-0.05, 0) is 49.7 Å².